The van der Waals surface area contributed by atoms with Crippen molar-refractivity contribution in [1.82, 2.24) is 14.8 Å². The number of nitrogens with zero attached hydrogens (tertiary/aromatic N) is 3. The molecule has 0 aliphatic carbocycles. The Balaban J connectivity index is 0.000000409. The van der Waals surface area contributed by atoms with Crippen LogP contribution >= 0.6 is 0 Å². The standard InChI is InChI=1S/C18H27N3O.C2H2O4/c22-18(21-11-3-1-2-4-12-21)17-8-6-10-20(15-17)14-16-7-5-9-19-13-16;3-1(4)2(5)6/h5,7,9,13,17H,1-4,6,8,10-12,14-15H2;(H,3,4)(H,5,6). The molecule has 0 aromatic carbocycles. The molecular formula is C20H29N3O5. The van der Waals surface area contributed by atoms with E-state index in [-0.39, 0.29) is 5.92 Å². The molecule has 2 aliphatic rings. The minimum atomic E-state index is -1.82. The first-order chi connectivity index (χ1) is 13.5. The number of likely N-dealkylation sites (tertiary alicyclic amines) is 2. The molecule has 1 aromatic rings. The fourth-order valence-corrected chi connectivity index (χ4v) is 3.70. The Hall–Kier alpha value is -2.48. The van der Waals surface area contributed by atoms with Gasteiger partial charge in [0.1, 0.15) is 0 Å². The van der Waals surface area contributed by atoms with Crippen molar-refractivity contribution in [2.24, 2.45) is 5.92 Å². The highest BCUT2D eigenvalue weighted by Crippen LogP contribution is 2.22. The van der Waals surface area contributed by atoms with Crippen molar-refractivity contribution < 1.29 is 24.6 Å². The average Bonchev–Trinajstić information content (AvgIpc) is 2.98. The summed E-state index contributed by atoms with van der Waals surface area (Å²) in [7, 11) is 0. The summed E-state index contributed by atoms with van der Waals surface area (Å²) in [6.07, 6.45) is 10.8. The van der Waals surface area contributed by atoms with E-state index < -0.39 is 11.9 Å². The first kappa shape index (κ1) is 21.8. The van der Waals surface area contributed by atoms with Crippen LogP contribution in [0, 0.1) is 5.92 Å². The summed E-state index contributed by atoms with van der Waals surface area (Å²) in [6, 6.07) is 4.10. The zero-order valence-electron chi connectivity index (χ0n) is 16.1. The first-order valence-electron chi connectivity index (χ1n) is 9.83. The van der Waals surface area contributed by atoms with Crippen LogP contribution in [0.25, 0.3) is 0 Å². The Morgan fingerprint density at radius 2 is 1.68 bits per heavy atom. The number of carboxylic acid groups (broad SMARTS) is 2. The number of aromatic nitrogens is 1. The number of hydrogen-bond acceptors (Lipinski definition) is 5. The van der Waals surface area contributed by atoms with Gasteiger partial charge in [-0.1, -0.05) is 18.9 Å². The smallest absolute Gasteiger partial charge is 0.414 e. The number of hydrogen-bond donors (Lipinski definition) is 2. The molecule has 2 N–H and O–H groups in total. The third kappa shape index (κ3) is 7.26. The molecule has 1 amide bonds. The van der Waals surface area contributed by atoms with Crippen LogP contribution in [0.3, 0.4) is 0 Å². The number of pyridine rings is 1. The zero-order chi connectivity index (χ0) is 20.4. The van der Waals surface area contributed by atoms with Gasteiger partial charge in [0, 0.05) is 38.6 Å². The van der Waals surface area contributed by atoms with Gasteiger partial charge in [0.15, 0.2) is 0 Å². The SMILES string of the molecule is O=C(C1CCCN(Cc2cccnc2)C1)N1CCCCCC1.O=C(O)C(=O)O. The molecule has 1 unspecified atom stereocenters. The van der Waals surface area contributed by atoms with Crippen LogP contribution in [0.5, 0.6) is 0 Å². The Labute approximate surface area is 165 Å². The molecule has 154 valence electrons. The molecule has 2 saturated heterocycles. The van der Waals surface area contributed by atoms with Crippen LogP contribution in [0.1, 0.15) is 44.1 Å². The lowest BCUT2D eigenvalue weighted by atomic mass is 9.96. The summed E-state index contributed by atoms with van der Waals surface area (Å²) in [4.78, 5) is 39.7. The Kier molecular flexibility index (Phi) is 8.87. The van der Waals surface area contributed by atoms with Crippen molar-refractivity contribution in [2.75, 3.05) is 26.2 Å². The molecule has 3 rings (SSSR count). The second-order valence-electron chi connectivity index (χ2n) is 7.29. The monoisotopic (exact) mass is 391 g/mol. The minimum Gasteiger partial charge on any atom is -0.473 e. The van der Waals surface area contributed by atoms with Crippen molar-refractivity contribution in [3.8, 4) is 0 Å². The third-order valence-corrected chi connectivity index (χ3v) is 5.08. The fourth-order valence-electron chi connectivity index (χ4n) is 3.70. The summed E-state index contributed by atoms with van der Waals surface area (Å²) in [5.41, 5.74) is 1.24. The van der Waals surface area contributed by atoms with E-state index >= 15 is 0 Å². The van der Waals surface area contributed by atoms with Crippen molar-refractivity contribution in [3.63, 3.8) is 0 Å². The summed E-state index contributed by atoms with van der Waals surface area (Å²) in [5.74, 6) is -3.05. The number of rotatable bonds is 3. The van der Waals surface area contributed by atoms with Crippen molar-refractivity contribution in [3.05, 3.63) is 30.1 Å². The topological polar surface area (TPSA) is 111 Å². The van der Waals surface area contributed by atoms with Gasteiger partial charge in [0.2, 0.25) is 5.91 Å². The average molecular weight is 391 g/mol. The van der Waals surface area contributed by atoms with Gasteiger partial charge >= 0.3 is 11.9 Å². The number of amides is 1. The van der Waals surface area contributed by atoms with Gasteiger partial charge in [-0.2, -0.15) is 0 Å². The molecule has 2 fully saturated rings. The van der Waals surface area contributed by atoms with Crippen LogP contribution in [0.4, 0.5) is 0 Å². The van der Waals surface area contributed by atoms with Crippen LogP contribution in [-0.2, 0) is 20.9 Å². The number of carboxylic acids is 2. The second-order valence-corrected chi connectivity index (χ2v) is 7.29. The summed E-state index contributed by atoms with van der Waals surface area (Å²) < 4.78 is 0. The lowest BCUT2D eigenvalue weighted by Gasteiger charge is -2.34. The second kappa shape index (κ2) is 11.4. The number of piperidine rings is 1. The fraction of sp³-hybridized carbons (Fsp3) is 0.600. The van der Waals surface area contributed by atoms with Gasteiger partial charge in [-0.05, 0) is 43.9 Å². The molecular weight excluding hydrogens is 362 g/mol. The molecule has 3 heterocycles. The van der Waals surface area contributed by atoms with E-state index in [1.807, 2.05) is 18.5 Å². The Bertz CT molecular complexity index is 633. The normalized spacial score (nSPS) is 20.4. The molecule has 0 radical (unpaired) electrons. The minimum absolute atomic E-state index is 0.198. The van der Waals surface area contributed by atoms with Gasteiger partial charge in [-0.3, -0.25) is 14.7 Å². The highest BCUT2D eigenvalue weighted by molar-refractivity contribution is 6.27. The summed E-state index contributed by atoms with van der Waals surface area (Å²) >= 11 is 0. The maximum atomic E-state index is 12.8. The van der Waals surface area contributed by atoms with Crippen molar-refractivity contribution in [1.29, 1.82) is 0 Å². The van der Waals surface area contributed by atoms with Gasteiger partial charge in [-0.15, -0.1) is 0 Å². The lowest BCUT2D eigenvalue weighted by molar-refractivity contribution is -0.159. The van der Waals surface area contributed by atoms with E-state index in [9.17, 15) is 4.79 Å². The van der Waals surface area contributed by atoms with Gasteiger partial charge in [0.25, 0.3) is 0 Å². The Morgan fingerprint density at radius 1 is 1.00 bits per heavy atom. The van der Waals surface area contributed by atoms with Crippen LogP contribution in [-0.4, -0.2) is 69.0 Å². The van der Waals surface area contributed by atoms with E-state index in [1.165, 1.54) is 31.2 Å². The van der Waals surface area contributed by atoms with E-state index in [1.54, 1.807) is 0 Å². The molecule has 2 aliphatic heterocycles. The van der Waals surface area contributed by atoms with Crippen LogP contribution < -0.4 is 0 Å². The highest BCUT2D eigenvalue weighted by Gasteiger charge is 2.29. The van der Waals surface area contributed by atoms with Gasteiger partial charge < -0.3 is 15.1 Å². The van der Waals surface area contributed by atoms with E-state index in [0.717, 1.165) is 45.6 Å². The highest BCUT2D eigenvalue weighted by atomic mass is 16.4. The Morgan fingerprint density at radius 3 is 2.25 bits per heavy atom. The molecule has 1 aromatic heterocycles. The first-order valence-corrected chi connectivity index (χ1v) is 9.83. The molecule has 0 saturated carbocycles. The molecule has 8 heteroatoms. The van der Waals surface area contributed by atoms with Crippen molar-refractivity contribution in [2.45, 2.75) is 45.1 Å². The predicted molar refractivity (Wildman–Crippen MR) is 103 cm³/mol. The molecule has 1 atom stereocenters. The maximum absolute atomic E-state index is 12.8. The molecule has 8 nitrogen and oxygen atoms in total. The number of carbonyl (C=O) groups excluding carboxylic acids is 1. The van der Waals surface area contributed by atoms with Crippen LogP contribution in [0.15, 0.2) is 24.5 Å². The number of aliphatic carboxylic acids is 2. The van der Waals surface area contributed by atoms with Gasteiger partial charge in [0.05, 0.1) is 5.92 Å². The van der Waals surface area contributed by atoms with Crippen molar-refractivity contribution >= 4 is 17.8 Å². The third-order valence-electron chi connectivity index (χ3n) is 5.08. The van der Waals surface area contributed by atoms with Crippen LogP contribution in [0.2, 0.25) is 0 Å². The molecule has 28 heavy (non-hydrogen) atoms. The quantitative estimate of drug-likeness (QED) is 0.757. The molecule has 0 bridgehead atoms. The molecule has 0 spiro atoms. The summed E-state index contributed by atoms with van der Waals surface area (Å²) in [5, 5.41) is 14.8. The summed E-state index contributed by atoms with van der Waals surface area (Å²) in [6.45, 7) is 4.86. The van der Waals surface area contributed by atoms with E-state index in [0.29, 0.717) is 5.91 Å². The zero-order valence-corrected chi connectivity index (χ0v) is 16.1. The predicted octanol–water partition coefficient (Wildman–Crippen LogP) is 1.85. The van der Waals surface area contributed by atoms with E-state index in [4.69, 9.17) is 19.8 Å². The number of carbonyl (C=O) groups is 3. The van der Waals surface area contributed by atoms with Gasteiger partial charge in [-0.25, -0.2) is 9.59 Å². The maximum Gasteiger partial charge on any atom is 0.414 e. The van der Waals surface area contributed by atoms with E-state index in [2.05, 4.69) is 20.9 Å². The lowest BCUT2D eigenvalue weighted by Crippen LogP contribution is -2.44. The largest absolute Gasteiger partial charge is 0.473 e.